The third kappa shape index (κ3) is 7.08. The molecule has 168 valence electrons. The fourth-order valence-electron chi connectivity index (χ4n) is 2.92. The molecule has 0 aromatic heterocycles. The summed E-state index contributed by atoms with van der Waals surface area (Å²) >= 11 is 0. The number of anilines is 2. The van der Waals surface area contributed by atoms with Crippen molar-refractivity contribution in [3.05, 3.63) is 54.6 Å². The fraction of sp³-hybridized carbons (Fsp3) is 0.364. The Balaban J connectivity index is 2.07. The predicted molar refractivity (Wildman–Crippen MR) is 122 cm³/mol. The van der Waals surface area contributed by atoms with Gasteiger partial charge in [0.1, 0.15) is 0 Å². The first kappa shape index (κ1) is 24.4. The Hall–Kier alpha value is -2.91. The molecule has 0 saturated heterocycles. The summed E-state index contributed by atoms with van der Waals surface area (Å²) < 4.78 is 27.1. The van der Waals surface area contributed by atoms with E-state index in [1.807, 2.05) is 26.8 Å². The van der Waals surface area contributed by atoms with Crippen molar-refractivity contribution >= 4 is 33.2 Å². The zero-order chi connectivity index (χ0) is 23.0. The molecule has 0 heterocycles. The number of carbonyl (C=O) groups excluding carboxylic acids is 2. The number of para-hydroxylation sites is 1. The Kier molecular flexibility index (Phi) is 8.58. The summed E-state index contributed by atoms with van der Waals surface area (Å²) in [5.41, 5.74) is 0.908. The molecule has 31 heavy (non-hydrogen) atoms. The van der Waals surface area contributed by atoms with Crippen LogP contribution in [0.5, 0.6) is 0 Å². The second kappa shape index (κ2) is 10.9. The van der Waals surface area contributed by atoms with Gasteiger partial charge < -0.3 is 10.6 Å². The first-order valence-electron chi connectivity index (χ1n) is 10.1. The van der Waals surface area contributed by atoms with Gasteiger partial charge in [-0.25, -0.2) is 8.42 Å². The third-order valence-electron chi connectivity index (χ3n) is 4.53. The van der Waals surface area contributed by atoms with E-state index in [2.05, 4.69) is 10.6 Å². The van der Waals surface area contributed by atoms with Crippen molar-refractivity contribution in [1.29, 1.82) is 0 Å². The lowest BCUT2D eigenvalue weighted by Crippen LogP contribution is -2.42. The van der Waals surface area contributed by atoms with E-state index >= 15 is 0 Å². The van der Waals surface area contributed by atoms with Gasteiger partial charge in [0.05, 0.1) is 23.7 Å². The van der Waals surface area contributed by atoms with Crippen LogP contribution in [0.4, 0.5) is 11.4 Å². The number of nitrogens with one attached hydrogen (secondary N) is 2. The number of hydrogen-bond acceptors (Lipinski definition) is 5. The van der Waals surface area contributed by atoms with Gasteiger partial charge in [0.15, 0.2) is 0 Å². The molecule has 2 aromatic carbocycles. The highest BCUT2D eigenvalue weighted by molar-refractivity contribution is 7.92. The highest BCUT2D eigenvalue weighted by Crippen LogP contribution is 2.23. The Morgan fingerprint density at radius 1 is 0.968 bits per heavy atom. The molecule has 0 radical (unpaired) electrons. The molecule has 8 nitrogen and oxygen atoms in total. The van der Waals surface area contributed by atoms with Crippen LogP contribution in [0.3, 0.4) is 0 Å². The van der Waals surface area contributed by atoms with Crippen LogP contribution < -0.4 is 14.9 Å². The molecule has 2 amide bonds. The maximum absolute atomic E-state index is 13.0. The molecular weight excluding hydrogens is 416 g/mol. The minimum Gasteiger partial charge on any atom is -0.353 e. The van der Waals surface area contributed by atoms with Gasteiger partial charge in [0.2, 0.25) is 11.8 Å². The van der Waals surface area contributed by atoms with Gasteiger partial charge in [0.25, 0.3) is 10.0 Å². The summed E-state index contributed by atoms with van der Waals surface area (Å²) in [5, 5.41) is 5.51. The molecule has 0 atom stereocenters. The lowest BCUT2D eigenvalue weighted by Gasteiger charge is -2.21. The van der Waals surface area contributed by atoms with Crippen molar-refractivity contribution in [3.63, 3.8) is 0 Å². The molecule has 0 aliphatic rings. The molecule has 0 saturated carbocycles. The number of amides is 2. The van der Waals surface area contributed by atoms with E-state index in [1.165, 1.54) is 23.5 Å². The van der Waals surface area contributed by atoms with Crippen LogP contribution in [0.1, 0.15) is 20.8 Å². The Bertz CT molecular complexity index is 994. The van der Waals surface area contributed by atoms with Crippen molar-refractivity contribution in [1.82, 2.24) is 10.2 Å². The zero-order valence-corrected chi connectivity index (χ0v) is 19.1. The van der Waals surface area contributed by atoms with Crippen LogP contribution in [0.2, 0.25) is 0 Å². The molecular formula is C22H30N4O4S. The molecule has 0 aliphatic carbocycles. The molecule has 0 unspecified atom stereocenters. The standard InChI is InChI=1S/C22H30N4O4S/c1-5-26(15-21(27)23-17(2)3)16-22(28)24-18-10-9-13-20(14-18)31(29,30)25(4)19-11-7-6-8-12-19/h6-14,17H,5,15-16H2,1-4H3,(H,23,27)(H,24,28). The first-order valence-corrected chi connectivity index (χ1v) is 11.5. The van der Waals surface area contributed by atoms with E-state index in [4.69, 9.17) is 0 Å². The molecule has 0 spiro atoms. The molecule has 0 bridgehead atoms. The van der Waals surface area contributed by atoms with Gasteiger partial charge in [0, 0.05) is 18.8 Å². The number of likely N-dealkylation sites (N-methyl/N-ethyl adjacent to an activating group) is 1. The minimum atomic E-state index is -3.79. The summed E-state index contributed by atoms with van der Waals surface area (Å²) in [6.07, 6.45) is 0. The summed E-state index contributed by atoms with van der Waals surface area (Å²) in [5.74, 6) is -0.480. The molecule has 2 N–H and O–H groups in total. The van der Waals surface area contributed by atoms with Gasteiger partial charge >= 0.3 is 0 Å². The van der Waals surface area contributed by atoms with Crippen molar-refractivity contribution in [2.45, 2.75) is 31.7 Å². The SMILES string of the molecule is CCN(CC(=O)Nc1cccc(S(=O)(=O)N(C)c2ccccc2)c1)CC(=O)NC(C)C. The number of hydrogen-bond donors (Lipinski definition) is 2. The van der Waals surface area contributed by atoms with Crippen molar-refractivity contribution in [3.8, 4) is 0 Å². The van der Waals surface area contributed by atoms with E-state index in [0.29, 0.717) is 17.9 Å². The second-order valence-corrected chi connectivity index (χ2v) is 9.38. The lowest BCUT2D eigenvalue weighted by atomic mass is 10.3. The normalized spacial score (nSPS) is 11.4. The molecule has 0 aliphatic heterocycles. The molecule has 2 aromatic rings. The topological polar surface area (TPSA) is 98.8 Å². The predicted octanol–water partition coefficient (Wildman–Crippen LogP) is 2.30. The summed E-state index contributed by atoms with van der Waals surface area (Å²) in [6, 6.07) is 14.9. The number of benzene rings is 2. The van der Waals surface area contributed by atoms with E-state index in [0.717, 1.165) is 0 Å². The van der Waals surface area contributed by atoms with Crippen LogP contribution in [0.15, 0.2) is 59.5 Å². The first-order chi connectivity index (χ1) is 14.6. The van der Waals surface area contributed by atoms with Gasteiger partial charge in [-0.05, 0) is 50.7 Å². The number of carbonyl (C=O) groups is 2. The largest absolute Gasteiger partial charge is 0.353 e. The van der Waals surface area contributed by atoms with E-state index in [-0.39, 0.29) is 35.8 Å². The van der Waals surface area contributed by atoms with Crippen LogP contribution in [0, 0.1) is 0 Å². The minimum absolute atomic E-state index is 0.0168. The number of nitrogens with zero attached hydrogens (tertiary/aromatic N) is 2. The maximum Gasteiger partial charge on any atom is 0.264 e. The van der Waals surface area contributed by atoms with Gasteiger partial charge in [-0.15, -0.1) is 0 Å². The number of sulfonamides is 1. The van der Waals surface area contributed by atoms with Crippen molar-refractivity contribution in [2.75, 3.05) is 36.3 Å². The third-order valence-corrected chi connectivity index (χ3v) is 6.31. The quantitative estimate of drug-likeness (QED) is 0.584. The van der Waals surface area contributed by atoms with Crippen molar-refractivity contribution in [2.24, 2.45) is 0 Å². The Labute approximate surface area is 184 Å². The van der Waals surface area contributed by atoms with E-state index in [1.54, 1.807) is 41.3 Å². The summed E-state index contributed by atoms with van der Waals surface area (Å²) in [4.78, 5) is 26.2. The summed E-state index contributed by atoms with van der Waals surface area (Å²) in [6.45, 7) is 6.26. The molecule has 2 rings (SSSR count). The smallest absolute Gasteiger partial charge is 0.264 e. The number of rotatable bonds is 10. The Morgan fingerprint density at radius 3 is 2.23 bits per heavy atom. The lowest BCUT2D eigenvalue weighted by molar-refractivity contribution is -0.123. The second-order valence-electron chi connectivity index (χ2n) is 7.41. The monoisotopic (exact) mass is 446 g/mol. The van der Waals surface area contributed by atoms with Gasteiger partial charge in [-0.1, -0.05) is 31.2 Å². The average molecular weight is 447 g/mol. The zero-order valence-electron chi connectivity index (χ0n) is 18.3. The average Bonchev–Trinajstić information content (AvgIpc) is 2.72. The Morgan fingerprint density at radius 2 is 1.61 bits per heavy atom. The fourth-order valence-corrected chi connectivity index (χ4v) is 4.16. The van der Waals surface area contributed by atoms with E-state index < -0.39 is 10.0 Å². The highest BCUT2D eigenvalue weighted by atomic mass is 32.2. The van der Waals surface area contributed by atoms with Gasteiger partial charge in [-0.3, -0.25) is 18.8 Å². The molecule has 0 fully saturated rings. The van der Waals surface area contributed by atoms with Crippen LogP contribution in [0.25, 0.3) is 0 Å². The van der Waals surface area contributed by atoms with Gasteiger partial charge in [-0.2, -0.15) is 0 Å². The highest BCUT2D eigenvalue weighted by Gasteiger charge is 2.22. The summed E-state index contributed by atoms with van der Waals surface area (Å²) in [7, 11) is -2.30. The maximum atomic E-state index is 13.0. The van der Waals surface area contributed by atoms with Crippen molar-refractivity contribution < 1.29 is 18.0 Å². The molecule has 9 heteroatoms. The van der Waals surface area contributed by atoms with Crippen LogP contribution >= 0.6 is 0 Å². The van der Waals surface area contributed by atoms with Crippen LogP contribution in [-0.4, -0.2) is 57.9 Å². The van der Waals surface area contributed by atoms with E-state index in [9.17, 15) is 18.0 Å². The van der Waals surface area contributed by atoms with Crippen LogP contribution in [-0.2, 0) is 19.6 Å².